The molecule has 0 aromatic rings. The molecule has 0 saturated carbocycles. The van der Waals surface area contributed by atoms with E-state index in [2.05, 4.69) is 10.6 Å². The second-order valence-corrected chi connectivity index (χ2v) is 3.25. The number of carbonyl (C=O) groups excluding carboxylic acids is 2. The van der Waals surface area contributed by atoms with Crippen LogP contribution < -0.4 is 10.6 Å². The first-order valence-corrected chi connectivity index (χ1v) is 4.74. The van der Waals surface area contributed by atoms with Crippen LogP contribution in [-0.2, 0) is 9.59 Å². The van der Waals surface area contributed by atoms with E-state index < -0.39 is 30.6 Å². The third-order valence-corrected chi connectivity index (χ3v) is 2.20. The second kappa shape index (κ2) is 6.76. The Morgan fingerprint density at radius 1 is 1.31 bits per heavy atom. The standard InChI is InChI=1S/C9H15N3O4/c1-2-9(5-13,6-14)12-8(16)7(15)11-4-3-10/h13-14H,2,4-6H2,1H3,(H,11,15)(H,12,16). The molecule has 0 heterocycles. The molecule has 0 atom stereocenters. The van der Waals surface area contributed by atoms with Crippen LogP contribution in [0.25, 0.3) is 0 Å². The maximum atomic E-state index is 11.3. The Morgan fingerprint density at radius 2 is 1.88 bits per heavy atom. The lowest BCUT2D eigenvalue weighted by atomic mass is 9.98. The molecule has 4 N–H and O–H groups in total. The summed E-state index contributed by atoms with van der Waals surface area (Å²) in [6.07, 6.45) is 0.275. The van der Waals surface area contributed by atoms with Gasteiger partial charge in [-0.2, -0.15) is 5.26 Å². The maximum Gasteiger partial charge on any atom is 0.310 e. The topological polar surface area (TPSA) is 122 Å². The molecule has 0 aliphatic rings. The molecule has 7 nitrogen and oxygen atoms in total. The van der Waals surface area contributed by atoms with Gasteiger partial charge in [-0.1, -0.05) is 6.92 Å². The Kier molecular flexibility index (Phi) is 6.07. The van der Waals surface area contributed by atoms with Crippen LogP contribution in [0.15, 0.2) is 0 Å². The average molecular weight is 229 g/mol. The van der Waals surface area contributed by atoms with Crippen LogP contribution in [0.4, 0.5) is 0 Å². The van der Waals surface area contributed by atoms with Crippen molar-refractivity contribution in [1.29, 1.82) is 5.26 Å². The third kappa shape index (κ3) is 3.84. The SMILES string of the molecule is CCC(CO)(CO)NC(=O)C(=O)NCC#N. The quantitative estimate of drug-likeness (QED) is 0.317. The Morgan fingerprint density at radius 3 is 2.25 bits per heavy atom. The Hall–Kier alpha value is -1.65. The van der Waals surface area contributed by atoms with Gasteiger partial charge in [-0.05, 0) is 6.42 Å². The zero-order valence-corrected chi connectivity index (χ0v) is 8.99. The molecule has 0 aliphatic carbocycles. The Labute approximate surface area is 93.1 Å². The van der Waals surface area contributed by atoms with E-state index in [-0.39, 0.29) is 13.0 Å². The summed E-state index contributed by atoms with van der Waals surface area (Å²) >= 11 is 0. The summed E-state index contributed by atoms with van der Waals surface area (Å²) in [7, 11) is 0. The summed E-state index contributed by atoms with van der Waals surface area (Å²) in [5.74, 6) is -1.96. The van der Waals surface area contributed by atoms with Crippen LogP contribution in [0, 0.1) is 11.3 Å². The van der Waals surface area contributed by atoms with E-state index in [0.717, 1.165) is 0 Å². The lowest BCUT2D eigenvalue weighted by Gasteiger charge is -2.29. The molecule has 0 saturated heterocycles. The van der Waals surface area contributed by atoms with Gasteiger partial charge in [0.15, 0.2) is 0 Å². The fraction of sp³-hybridized carbons (Fsp3) is 0.667. The predicted octanol–water partition coefficient (Wildman–Crippen LogP) is -2.12. The largest absolute Gasteiger partial charge is 0.394 e. The van der Waals surface area contributed by atoms with Gasteiger partial charge in [-0.3, -0.25) is 9.59 Å². The molecule has 0 radical (unpaired) electrons. The van der Waals surface area contributed by atoms with E-state index in [0.29, 0.717) is 0 Å². The highest BCUT2D eigenvalue weighted by Crippen LogP contribution is 2.07. The Bertz CT molecular complexity index is 285. The van der Waals surface area contributed by atoms with Gasteiger partial charge >= 0.3 is 11.8 Å². The smallest absolute Gasteiger partial charge is 0.310 e. The van der Waals surface area contributed by atoms with Crippen molar-refractivity contribution in [3.8, 4) is 6.07 Å². The van der Waals surface area contributed by atoms with Crippen molar-refractivity contribution in [3.63, 3.8) is 0 Å². The predicted molar refractivity (Wildman–Crippen MR) is 54.0 cm³/mol. The highest BCUT2D eigenvalue weighted by molar-refractivity contribution is 6.35. The van der Waals surface area contributed by atoms with E-state index in [1.807, 2.05) is 0 Å². The normalized spacial score (nSPS) is 10.4. The molecule has 90 valence electrons. The first-order valence-electron chi connectivity index (χ1n) is 4.74. The summed E-state index contributed by atoms with van der Waals surface area (Å²) in [5, 5.41) is 30.5. The second-order valence-electron chi connectivity index (χ2n) is 3.25. The van der Waals surface area contributed by atoms with Gasteiger partial charge in [0.1, 0.15) is 6.54 Å². The molecule has 0 fully saturated rings. The van der Waals surface area contributed by atoms with Gasteiger partial charge in [0, 0.05) is 0 Å². The minimum atomic E-state index is -1.21. The number of amides is 2. The summed E-state index contributed by atoms with van der Waals surface area (Å²) in [4.78, 5) is 22.4. The molecular formula is C9H15N3O4. The number of rotatable bonds is 5. The highest BCUT2D eigenvalue weighted by Gasteiger charge is 2.30. The van der Waals surface area contributed by atoms with Crippen LogP contribution >= 0.6 is 0 Å². The van der Waals surface area contributed by atoms with Crippen LogP contribution in [-0.4, -0.2) is 47.3 Å². The van der Waals surface area contributed by atoms with Crippen molar-refractivity contribution in [3.05, 3.63) is 0 Å². The number of hydrogen-bond acceptors (Lipinski definition) is 5. The van der Waals surface area contributed by atoms with E-state index >= 15 is 0 Å². The van der Waals surface area contributed by atoms with Crippen LogP contribution in [0.1, 0.15) is 13.3 Å². The zero-order valence-electron chi connectivity index (χ0n) is 8.99. The molecule has 0 aromatic carbocycles. The molecule has 16 heavy (non-hydrogen) atoms. The summed E-state index contributed by atoms with van der Waals surface area (Å²) in [6.45, 7) is 0.429. The highest BCUT2D eigenvalue weighted by atomic mass is 16.3. The monoisotopic (exact) mass is 229 g/mol. The first-order chi connectivity index (χ1) is 7.55. The number of nitrogens with one attached hydrogen (secondary N) is 2. The van der Waals surface area contributed by atoms with Crippen LogP contribution in [0.3, 0.4) is 0 Å². The number of aliphatic hydroxyl groups is 2. The summed E-state index contributed by atoms with van der Waals surface area (Å²) < 4.78 is 0. The van der Waals surface area contributed by atoms with Crippen molar-refractivity contribution < 1.29 is 19.8 Å². The molecule has 0 bridgehead atoms. The number of hydrogen-bond donors (Lipinski definition) is 4. The van der Waals surface area contributed by atoms with Gasteiger partial charge < -0.3 is 20.8 Å². The van der Waals surface area contributed by atoms with Crippen molar-refractivity contribution >= 4 is 11.8 Å². The van der Waals surface area contributed by atoms with Gasteiger partial charge in [-0.15, -0.1) is 0 Å². The molecule has 0 aromatic heterocycles. The molecule has 7 heteroatoms. The lowest BCUT2D eigenvalue weighted by Crippen LogP contribution is -2.57. The van der Waals surface area contributed by atoms with Crippen molar-refractivity contribution in [1.82, 2.24) is 10.6 Å². The van der Waals surface area contributed by atoms with Gasteiger partial charge in [0.05, 0.1) is 24.8 Å². The fourth-order valence-corrected chi connectivity index (χ4v) is 0.939. The van der Waals surface area contributed by atoms with Crippen LogP contribution in [0.2, 0.25) is 0 Å². The molecular weight excluding hydrogens is 214 g/mol. The zero-order chi connectivity index (χ0) is 12.6. The van der Waals surface area contributed by atoms with E-state index in [1.165, 1.54) is 0 Å². The molecule has 0 unspecified atom stereocenters. The maximum absolute atomic E-state index is 11.3. The lowest BCUT2D eigenvalue weighted by molar-refractivity contribution is -0.141. The number of carbonyl (C=O) groups is 2. The van der Waals surface area contributed by atoms with Crippen molar-refractivity contribution in [2.24, 2.45) is 0 Å². The van der Waals surface area contributed by atoms with Crippen LogP contribution in [0.5, 0.6) is 0 Å². The average Bonchev–Trinajstić information content (AvgIpc) is 2.32. The molecule has 0 aliphatic heterocycles. The number of aliphatic hydroxyl groups excluding tert-OH is 2. The number of nitrogens with zero attached hydrogens (tertiary/aromatic N) is 1. The van der Waals surface area contributed by atoms with E-state index in [4.69, 9.17) is 15.5 Å². The van der Waals surface area contributed by atoms with E-state index in [1.54, 1.807) is 13.0 Å². The van der Waals surface area contributed by atoms with Gasteiger partial charge in [-0.25, -0.2) is 0 Å². The van der Waals surface area contributed by atoms with Gasteiger partial charge in [0.25, 0.3) is 0 Å². The Balaban J connectivity index is 4.41. The minimum absolute atomic E-state index is 0.274. The molecule has 2 amide bonds. The summed E-state index contributed by atoms with van der Waals surface area (Å²) in [5.41, 5.74) is -1.21. The molecule has 0 rings (SSSR count). The van der Waals surface area contributed by atoms with Gasteiger partial charge in [0.2, 0.25) is 0 Å². The molecule has 0 spiro atoms. The van der Waals surface area contributed by atoms with Crippen molar-refractivity contribution in [2.75, 3.05) is 19.8 Å². The number of nitriles is 1. The summed E-state index contributed by atoms with van der Waals surface area (Å²) in [6, 6.07) is 1.65. The van der Waals surface area contributed by atoms with Crippen molar-refractivity contribution in [2.45, 2.75) is 18.9 Å². The first kappa shape index (κ1) is 14.3. The van der Waals surface area contributed by atoms with E-state index in [9.17, 15) is 9.59 Å². The fourth-order valence-electron chi connectivity index (χ4n) is 0.939. The third-order valence-electron chi connectivity index (χ3n) is 2.20. The minimum Gasteiger partial charge on any atom is -0.394 e.